The molecule has 1 heterocycles. The van der Waals surface area contributed by atoms with Gasteiger partial charge in [-0.25, -0.2) is 13.1 Å². The lowest BCUT2D eigenvalue weighted by atomic mass is 10.1. The third-order valence-electron chi connectivity index (χ3n) is 4.34. The summed E-state index contributed by atoms with van der Waals surface area (Å²) in [6.45, 7) is 0.0887. The van der Waals surface area contributed by atoms with Crippen LogP contribution in [0.4, 0.5) is 4.79 Å². The van der Waals surface area contributed by atoms with Crippen LogP contribution in [-0.4, -0.2) is 39.0 Å². The first-order chi connectivity index (χ1) is 13.8. The Kier molecular flexibility index (Phi) is 6.46. The number of imide groups is 1. The van der Waals surface area contributed by atoms with Gasteiger partial charge in [0.2, 0.25) is 15.9 Å². The van der Waals surface area contributed by atoms with Crippen LogP contribution in [0.15, 0.2) is 47.4 Å². The highest BCUT2D eigenvalue weighted by atomic mass is 32.2. The molecule has 2 aromatic carbocycles. The van der Waals surface area contributed by atoms with Crippen LogP contribution in [0.5, 0.6) is 11.5 Å². The first-order valence-electron chi connectivity index (χ1n) is 8.63. The zero-order valence-corrected chi connectivity index (χ0v) is 17.4. The summed E-state index contributed by atoms with van der Waals surface area (Å²) in [5, 5.41) is 1.38. The Bertz CT molecular complexity index is 1020. The summed E-state index contributed by atoms with van der Waals surface area (Å²) in [7, 11) is -0.680. The number of ether oxygens (including phenoxy) is 2. The van der Waals surface area contributed by atoms with Crippen molar-refractivity contribution in [1.29, 1.82) is 0 Å². The highest BCUT2D eigenvalue weighted by molar-refractivity contribution is 8.15. The maximum absolute atomic E-state index is 12.6. The molecule has 1 aliphatic heterocycles. The number of rotatable bonds is 8. The van der Waals surface area contributed by atoms with Gasteiger partial charge in [0, 0.05) is 6.54 Å². The molecule has 154 valence electrons. The summed E-state index contributed by atoms with van der Waals surface area (Å²) in [6.07, 6.45) is 0.349. The molecule has 0 saturated carbocycles. The Morgan fingerprint density at radius 2 is 1.66 bits per heavy atom. The van der Waals surface area contributed by atoms with E-state index in [9.17, 15) is 18.0 Å². The first-order valence-corrected chi connectivity index (χ1v) is 11.0. The predicted octanol–water partition coefficient (Wildman–Crippen LogP) is 2.08. The largest absolute Gasteiger partial charge is 0.493 e. The van der Waals surface area contributed by atoms with E-state index in [1.54, 1.807) is 30.3 Å². The lowest BCUT2D eigenvalue weighted by Crippen LogP contribution is -2.25. The Balaban J connectivity index is 1.65. The lowest BCUT2D eigenvalue weighted by Gasteiger charge is -2.11. The zero-order chi connectivity index (χ0) is 21.0. The molecule has 29 heavy (non-hydrogen) atoms. The van der Waals surface area contributed by atoms with Crippen LogP contribution in [0.2, 0.25) is 0 Å². The number of thioether (sulfide) groups is 1. The van der Waals surface area contributed by atoms with Gasteiger partial charge in [0.25, 0.3) is 5.24 Å². The van der Waals surface area contributed by atoms with Crippen molar-refractivity contribution in [3.05, 3.63) is 53.6 Å². The maximum Gasteiger partial charge on any atom is 0.286 e. The standard InChI is InChI=1S/C19H20N2O6S2/c1-26-15-8-5-13(9-16(15)27-2)11-20-29(24,25)14-6-3-12(4-7-14)10-17-18(22)21-19(23)28-17/h3-9,17,20H,10-11H2,1-2H3,(H,21,22,23)/t17-/m1/s1. The van der Waals surface area contributed by atoms with Gasteiger partial charge in [0.05, 0.1) is 24.4 Å². The summed E-state index contributed by atoms with van der Waals surface area (Å²) in [6, 6.07) is 11.4. The number of hydrogen-bond acceptors (Lipinski definition) is 7. The number of carbonyl (C=O) groups excluding carboxylic acids is 2. The van der Waals surface area contributed by atoms with Crippen LogP contribution < -0.4 is 19.5 Å². The summed E-state index contributed by atoms with van der Waals surface area (Å²) in [5.41, 5.74) is 1.49. The molecule has 2 N–H and O–H groups in total. The molecule has 1 atom stereocenters. The van der Waals surface area contributed by atoms with E-state index in [1.807, 2.05) is 0 Å². The molecule has 10 heteroatoms. The molecule has 0 spiro atoms. The van der Waals surface area contributed by atoms with Gasteiger partial charge in [-0.2, -0.15) is 0 Å². The van der Waals surface area contributed by atoms with Crippen LogP contribution >= 0.6 is 11.8 Å². The van der Waals surface area contributed by atoms with Crippen LogP contribution in [0.3, 0.4) is 0 Å². The highest BCUT2D eigenvalue weighted by Crippen LogP contribution is 2.28. The van der Waals surface area contributed by atoms with Crippen molar-refractivity contribution in [3.63, 3.8) is 0 Å². The number of carbonyl (C=O) groups is 2. The molecule has 0 aliphatic carbocycles. The van der Waals surface area contributed by atoms with E-state index in [2.05, 4.69) is 10.0 Å². The van der Waals surface area contributed by atoms with E-state index < -0.39 is 15.3 Å². The summed E-state index contributed by atoms with van der Waals surface area (Å²) >= 11 is 0.940. The van der Waals surface area contributed by atoms with E-state index in [0.29, 0.717) is 17.9 Å². The molecule has 1 saturated heterocycles. The molecule has 8 nitrogen and oxygen atoms in total. The van der Waals surface area contributed by atoms with Gasteiger partial charge in [-0.05, 0) is 41.8 Å². The molecular formula is C19H20N2O6S2. The summed E-state index contributed by atoms with van der Waals surface area (Å²) < 4.78 is 38.0. The highest BCUT2D eigenvalue weighted by Gasteiger charge is 2.31. The van der Waals surface area contributed by atoms with E-state index in [1.165, 1.54) is 26.4 Å². The van der Waals surface area contributed by atoms with Crippen molar-refractivity contribution in [2.45, 2.75) is 23.1 Å². The third kappa shape index (κ3) is 5.08. The molecule has 2 aromatic rings. The molecule has 1 aliphatic rings. The van der Waals surface area contributed by atoms with Gasteiger partial charge in [-0.3, -0.25) is 14.9 Å². The number of methoxy groups -OCH3 is 2. The topological polar surface area (TPSA) is 111 Å². The predicted molar refractivity (Wildman–Crippen MR) is 109 cm³/mol. The fraction of sp³-hybridized carbons (Fsp3) is 0.263. The molecule has 0 unspecified atom stereocenters. The molecule has 3 rings (SSSR count). The number of nitrogens with one attached hydrogen (secondary N) is 2. The van der Waals surface area contributed by atoms with Gasteiger partial charge in [-0.15, -0.1) is 0 Å². The van der Waals surface area contributed by atoms with Crippen molar-refractivity contribution in [2.24, 2.45) is 0 Å². The second-order valence-corrected chi connectivity index (χ2v) is 9.19. The van der Waals surface area contributed by atoms with E-state index >= 15 is 0 Å². The van der Waals surface area contributed by atoms with E-state index in [0.717, 1.165) is 22.9 Å². The molecule has 0 aromatic heterocycles. The average molecular weight is 437 g/mol. The average Bonchev–Trinajstić information content (AvgIpc) is 3.03. The normalized spacial score (nSPS) is 16.6. The number of benzene rings is 2. The minimum absolute atomic E-state index is 0.0887. The summed E-state index contributed by atoms with van der Waals surface area (Å²) in [5.74, 6) is 0.750. The quantitative estimate of drug-likeness (QED) is 0.652. The van der Waals surface area contributed by atoms with Crippen molar-refractivity contribution < 1.29 is 27.5 Å². The Labute approximate surface area is 173 Å². The van der Waals surface area contributed by atoms with Gasteiger partial charge in [-0.1, -0.05) is 30.0 Å². The zero-order valence-electron chi connectivity index (χ0n) is 15.8. The first kappa shape index (κ1) is 21.2. The van der Waals surface area contributed by atoms with Crippen LogP contribution in [-0.2, 0) is 27.8 Å². The fourth-order valence-electron chi connectivity index (χ4n) is 2.80. The minimum Gasteiger partial charge on any atom is -0.493 e. The smallest absolute Gasteiger partial charge is 0.286 e. The Morgan fingerprint density at radius 1 is 1.00 bits per heavy atom. The third-order valence-corrected chi connectivity index (χ3v) is 6.73. The Morgan fingerprint density at radius 3 is 2.24 bits per heavy atom. The molecule has 0 bridgehead atoms. The van der Waals surface area contributed by atoms with Gasteiger partial charge >= 0.3 is 0 Å². The van der Waals surface area contributed by atoms with Gasteiger partial charge < -0.3 is 9.47 Å². The second kappa shape index (κ2) is 8.85. The minimum atomic E-state index is -3.72. The summed E-state index contributed by atoms with van der Waals surface area (Å²) in [4.78, 5) is 23.0. The number of hydrogen-bond donors (Lipinski definition) is 2. The van der Waals surface area contributed by atoms with E-state index in [4.69, 9.17) is 9.47 Å². The van der Waals surface area contributed by atoms with E-state index in [-0.39, 0.29) is 22.6 Å². The van der Waals surface area contributed by atoms with Crippen LogP contribution in [0.1, 0.15) is 11.1 Å². The molecule has 0 radical (unpaired) electrons. The van der Waals surface area contributed by atoms with Crippen LogP contribution in [0.25, 0.3) is 0 Å². The van der Waals surface area contributed by atoms with Crippen molar-refractivity contribution >= 4 is 32.9 Å². The molecular weight excluding hydrogens is 416 g/mol. The van der Waals surface area contributed by atoms with Crippen molar-refractivity contribution in [1.82, 2.24) is 10.0 Å². The lowest BCUT2D eigenvalue weighted by molar-refractivity contribution is -0.118. The Hall–Kier alpha value is -2.56. The number of amides is 2. The van der Waals surface area contributed by atoms with Crippen molar-refractivity contribution in [2.75, 3.05) is 14.2 Å². The fourth-order valence-corrected chi connectivity index (χ4v) is 4.68. The van der Waals surface area contributed by atoms with Gasteiger partial charge in [0.15, 0.2) is 11.5 Å². The monoisotopic (exact) mass is 436 g/mol. The SMILES string of the molecule is COc1ccc(CNS(=O)(=O)c2ccc(C[C@H]3SC(=O)NC3=O)cc2)cc1OC. The molecule has 1 fully saturated rings. The van der Waals surface area contributed by atoms with Gasteiger partial charge in [0.1, 0.15) is 0 Å². The van der Waals surface area contributed by atoms with Crippen molar-refractivity contribution in [3.8, 4) is 11.5 Å². The second-order valence-electron chi connectivity index (χ2n) is 6.25. The number of sulfonamides is 1. The molecule has 2 amide bonds. The van der Waals surface area contributed by atoms with Crippen LogP contribution in [0, 0.1) is 0 Å². The maximum atomic E-state index is 12.6.